The van der Waals surface area contributed by atoms with Crippen LogP contribution in [0.1, 0.15) is 21.6 Å². The number of nitrogens with zero attached hydrogens (tertiary/aromatic N) is 1. The Morgan fingerprint density at radius 1 is 0.971 bits per heavy atom. The molecule has 1 aromatic heterocycles. The summed E-state index contributed by atoms with van der Waals surface area (Å²) in [6, 6.07) is 20.8. The molecule has 1 amide bonds. The maximum atomic E-state index is 13.4. The van der Waals surface area contributed by atoms with Crippen molar-refractivity contribution in [2.45, 2.75) is 13.3 Å². The highest BCUT2D eigenvalue weighted by Gasteiger charge is 2.23. The van der Waals surface area contributed by atoms with Crippen LogP contribution in [0.2, 0.25) is 5.02 Å². The number of rotatable bonds is 7. The van der Waals surface area contributed by atoms with Gasteiger partial charge in [-0.25, -0.2) is 0 Å². The summed E-state index contributed by atoms with van der Waals surface area (Å²) in [4.78, 5) is 38.2. The third-order valence-corrected chi connectivity index (χ3v) is 5.83. The topological polar surface area (TPSA) is 86.6 Å². The highest BCUT2D eigenvalue weighted by atomic mass is 35.5. The minimum atomic E-state index is -0.586. The molecule has 0 aliphatic rings. The summed E-state index contributed by atoms with van der Waals surface area (Å²) in [6.07, 6.45) is -0.116. The first-order chi connectivity index (χ1) is 16.9. The molecule has 0 unspecified atom stereocenters. The zero-order chi connectivity index (χ0) is 24.9. The minimum absolute atomic E-state index is 0.116. The second kappa shape index (κ2) is 10.4. The van der Waals surface area contributed by atoms with Crippen molar-refractivity contribution in [1.29, 1.82) is 0 Å². The molecule has 1 N–H and O–H groups in total. The van der Waals surface area contributed by atoms with Gasteiger partial charge < -0.3 is 14.8 Å². The molecule has 0 saturated heterocycles. The number of carbonyl (C=O) groups is 3. The van der Waals surface area contributed by atoms with Gasteiger partial charge in [-0.05, 0) is 67.1 Å². The lowest BCUT2D eigenvalue weighted by Crippen LogP contribution is -2.21. The molecule has 4 rings (SSSR count). The molecule has 3 aromatic carbocycles. The van der Waals surface area contributed by atoms with E-state index in [0.717, 1.165) is 0 Å². The lowest BCUT2D eigenvalue weighted by atomic mass is 10.1. The normalized spacial score (nSPS) is 10.7. The summed E-state index contributed by atoms with van der Waals surface area (Å²) in [5, 5.41) is 3.89. The Labute approximate surface area is 207 Å². The molecule has 8 heteroatoms. The first-order valence-electron chi connectivity index (χ1n) is 10.9. The van der Waals surface area contributed by atoms with Crippen LogP contribution >= 0.6 is 11.6 Å². The molecule has 0 atom stereocenters. The zero-order valence-corrected chi connectivity index (χ0v) is 20.0. The Bertz CT molecular complexity index is 1390. The number of aromatic nitrogens is 1. The Morgan fingerprint density at radius 2 is 1.69 bits per heavy atom. The van der Waals surface area contributed by atoms with Gasteiger partial charge in [-0.2, -0.15) is 0 Å². The number of anilines is 1. The number of hydrogen-bond acceptors (Lipinski definition) is 5. The summed E-state index contributed by atoms with van der Waals surface area (Å²) < 4.78 is 12.1. The van der Waals surface area contributed by atoms with E-state index in [-0.39, 0.29) is 12.3 Å². The molecule has 0 radical (unpaired) electrons. The second-order valence-corrected chi connectivity index (χ2v) is 8.28. The number of methoxy groups -OCH3 is 1. The van der Waals surface area contributed by atoms with Crippen molar-refractivity contribution in [1.82, 2.24) is 4.57 Å². The number of benzene rings is 3. The molecule has 178 valence electrons. The van der Waals surface area contributed by atoms with Crippen LogP contribution in [0.5, 0.6) is 5.75 Å². The van der Waals surface area contributed by atoms with E-state index < -0.39 is 18.5 Å². The van der Waals surface area contributed by atoms with Gasteiger partial charge >= 0.3 is 5.97 Å². The molecular formula is C27H23ClN2O5. The Balaban J connectivity index is 1.58. The van der Waals surface area contributed by atoms with Gasteiger partial charge in [0.2, 0.25) is 0 Å². The van der Waals surface area contributed by atoms with Gasteiger partial charge in [-0.15, -0.1) is 0 Å². The summed E-state index contributed by atoms with van der Waals surface area (Å²) >= 11 is 5.97. The van der Waals surface area contributed by atoms with Crippen molar-refractivity contribution < 1.29 is 23.9 Å². The molecule has 0 spiro atoms. The van der Waals surface area contributed by atoms with E-state index in [0.29, 0.717) is 44.2 Å². The first kappa shape index (κ1) is 24.0. The maximum Gasteiger partial charge on any atom is 0.310 e. The molecule has 4 aromatic rings. The lowest BCUT2D eigenvalue weighted by Gasteiger charge is -2.08. The highest BCUT2D eigenvalue weighted by molar-refractivity contribution is 6.30. The van der Waals surface area contributed by atoms with Gasteiger partial charge in [0, 0.05) is 27.4 Å². The average Bonchev–Trinajstić information content (AvgIpc) is 3.13. The number of fused-ring (bicyclic) bond motifs is 1. The average molecular weight is 491 g/mol. The zero-order valence-electron chi connectivity index (χ0n) is 19.2. The smallest absolute Gasteiger partial charge is 0.310 e. The second-order valence-electron chi connectivity index (χ2n) is 7.85. The van der Waals surface area contributed by atoms with Crippen LogP contribution in [0.15, 0.2) is 72.8 Å². The molecule has 0 aliphatic carbocycles. The number of nitrogens with one attached hydrogen (secondary N) is 1. The fourth-order valence-electron chi connectivity index (χ4n) is 3.86. The third-order valence-electron chi connectivity index (χ3n) is 5.58. The van der Waals surface area contributed by atoms with E-state index in [2.05, 4.69) is 5.32 Å². The van der Waals surface area contributed by atoms with Crippen molar-refractivity contribution in [3.05, 3.63) is 94.6 Å². The van der Waals surface area contributed by atoms with Crippen LogP contribution in [0.4, 0.5) is 5.69 Å². The van der Waals surface area contributed by atoms with Crippen molar-refractivity contribution in [2.75, 3.05) is 19.0 Å². The summed E-state index contributed by atoms with van der Waals surface area (Å²) in [7, 11) is 1.54. The monoisotopic (exact) mass is 490 g/mol. The van der Waals surface area contributed by atoms with E-state index >= 15 is 0 Å². The summed E-state index contributed by atoms with van der Waals surface area (Å²) in [5.74, 6) is -0.693. The van der Waals surface area contributed by atoms with Gasteiger partial charge in [-0.3, -0.25) is 19.0 Å². The van der Waals surface area contributed by atoms with Crippen LogP contribution in [0.3, 0.4) is 0 Å². The van der Waals surface area contributed by atoms with Crippen molar-refractivity contribution >= 4 is 46.0 Å². The SMILES string of the molecule is COc1ccc2c(c1)c(CC(=O)OCC(=O)Nc1ccccc1)c(C)n2C(=O)c1ccc(Cl)cc1. The predicted molar refractivity (Wildman–Crippen MR) is 134 cm³/mol. The van der Waals surface area contributed by atoms with E-state index in [1.165, 1.54) is 0 Å². The largest absolute Gasteiger partial charge is 0.497 e. The summed E-state index contributed by atoms with van der Waals surface area (Å²) in [6.45, 7) is 1.35. The molecule has 0 saturated carbocycles. The molecule has 1 heterocycles. The number of amides is 1. The highest BCUT2D eigenvalue weighted by Crippen LogP contribution is 2.31. The number of para-hydroxylation sites is 1. The quantitative estimate of drug-likeness (QED) is 0.367. The van der Waals surface area contributed by atoms with Crippen molar-refractivity contribution in [2.24, 2.45) is 0 Å². The molecule has 0 bridgehead atoms. The van der Waals surface area contributed by atoms with Crippen LogP contribution in [-0.4, -0.2) is 36.1 Å². The van der Waals surface area contributed by atoms with Gasteiger partial charge in [0.15, 0.2) is 6.61 Å². The molecule has 0 fully saturated rings. The Kier molecular flexibility index (Phi) is 7.17. The van der Waals surface area contributed by atoms with Gasteiger partial charge in [-0.1, -0.05) is 29.8 Å². The van der Waals surface area contributed by atoms with Crippen molar-refractivity contribution in [3.63, 3.8) is 0 Å². The predicted octanol–water partition coefficient (Wildman–Crippen LogP) is 5.02. The Hall–Kier alpha value is -4.10. The number of esters is 1. The molecular weight excluding hydrogens is 468 g/mol. The van der Waals surface area contributed by atoms with Gasteiger partial charge in [0.1, 0.15) is 5.75 Å². The number of ether oxygens (including phenoxy) is 2. The van der Waals surface area contributed by atoms with E-state index in [9.17, 15) is 14.4 Å². The first-order valence-corrected chi connectivity index (χ1v) is 11.2. The van der Waals surface area contributed by atoms with Gasteiger partial charge in [0.25, 0.3) is 11.8 Å². The van der Waals surface area contributed by atoms with Crippen LogP contribution in [0.25, 0.3) is 10.9 Å². The van der Waals surface area contributed by atoms with E-state index in [4.69, 9.17) is 21.1 Å². The fourth-order valence-corrected chi connectivity index (χ4v) is 3.98. The fraction of sp³-hybridized carbons (Fsp3) is 0.148. The number of hydrogen-bond donors (Lipinski definition) is 1. The molecule has 35 heavy (non-hydrogen) atoms. The van der Waals surface area contributed by atoms with Gasteiger partial charge in [0.05, 0.1) is 19.0 Å². The summed E-state index contributed by atoms with van der Waals surface area (Å²) in [5.41, 5.74) is 2.92. The van der Waals surface area contributed by atoms with Crippen LogP contribution in [0, 0.1) is 6.92 Å². The maximum absolute atomic E-state index is 13.4. The number of halogens is 1. The van der Waals surface area contributed by atoms with E-state index in [1.807, 2.05) is 6.07 Å². The minimum Gasteiger partial charge on any atom is -0.497 e. The number of carbonyl (C=O) groups excluding carboxylic acids is 3. The molecule has 7 nitrogen and oxygen atoms in total. The van der Waals surface area contributed by atoms with Crippen LogP contribution < -0.4 is 10.1 Å². The standard InChI is InChI=1S/C27H23ClN2O5/c1-17-22(15-26(32)35-16-25(31)29-20-6-4-3-5-7-20)23-14-21(34-2)12-13-24(23)30(17)27(33)18-8-10-19(28)11-9-18/h3-14H,15-16H2,1-2H3,(H,29,31). The van der Waals surface area contributed by atoms with E-state index in [1.54, 1.807) is 85.3 Å². The third kappa shape index (κ3) is 5.36. The van der Waals surface area contributed by atoms with Crippen LogP contribution in [-0.2, 0) is 20.7 Å². The van der Waals surface area contributed by atoms with Crippen molar-refractivity contribution in [3.8, 4) is 5.75 Å². The molecule has 0 aliphatic heterocycles. The Morgan fingerprint density at radius 3 is 2.37 bits per heavy atom. The lowest BCUT2D eigenvalue weighted by molar-refractivity contribution is -0.146.